The Morgan fingerprint density at radius 1 is 1.38 bits per heavy atom. The summed E-state index contributed by atoms with van der Waals surface area (Å²) in [5.41, 5.74) is 5.68. The van der Waals surface area contributed by atoms with Crippen LogP contribution in [-0.4, -0.2) is 42.9 Å². The van der Waals surface area contributed by atoms with Gasteiger partial charge in [0.1, 0.15) is 0 Å². The lowest BCUT2D eigenvalue weighted by molar-refractivity contribution is -0.132. The predicted octanol–water partition coefficient (Wildman–Crippen LogP) is -0.0457. The fraction of sp³-hybridized carbons (Fsp3) is 0.818. The first-order valence-electron chi connectivity index (χ1n) is 5.65. The Morgan fingerprint density at radius 3 is 2.38 bits per heavy atom. The highest BCUT2D eigenvalue weighted by Gasteiger charge is 2.16. The molecule has 3 N–H and O–H groups in total. The van der Waals surface area contributed by atoms with Crippen molar-refractivity contribution in [2.45, 2.75) is 33.2 Å². The maximum atomic E-state index is 11.5. The molecule has 0 fully saturated rings. The van der Waals surface area contributed by atoms with Gasteiger partial charge in [-0.05, 0) is 19.3 Å². The summed E-state index contributed by atoms with van der Waals surface area (Å²) in [5.74, 6) is 0.00826. The second kappa shape index (κ2) is 7.22. The molecule has 5 heteroatoms. The van der Waals surface area contributed by atoms with Gasteiger partial charge in [0.15, 0.2) is 0 Å². The highest BCUT2D eigenvalue weighted by molar-refractivity contribution is 5.87. The van der Waals surface area contributed by atoms with Gasteiger partial charge in [0.2, 0.25) is 11.8 Å². The minimum atomic E-state index is -0.528. The van der Waals surface area contributed by atoms with Crippen molar-refractivity contribution in [1.29, 1.82) is 0 Å². The average Bonchev–Trinajstić information content (AvgIpc) is 2.23. The van der Waals surface area contributed by atoms with Crippen LogP contribution in [0.3, 0.4) is 0 Å². The summed E-state index contributed by atoms with van der Waals surface area (Å²) in [6.07, 6.45) is 0.629. The van der Waals surface area contributed by atoms with Gasteiger partial charge in [0.25, 0.3) is 0 Å². The molecule has 0 heterocycles. The summed E-state index contributed by atoms with van der Waals surface area (Å²) < 4.78 is 0. The van der Waals surface area contributed by atoms with Crippen LogP contribution in [0.15, 0.2) is 0 Å². The number of carbonyl (C=O) groups excluding carboxylic acids is 2. The van der Waals surface area contributed by atoms with Crippen LogP contribution in [0.2, 0.25) is 0 Å². The normalized spacial score (nSPS) is 12.4. The van der Waals surface area contributed by atoms with Crippen LogP contribution in [0.4, 0.5) is 0 Å². The van der Waals surface area contributed by atoms with Crippen molar-refractivity contribution < 1.29 is 9.59 Å². The highest BCUT2D eigenvalue weighted by Crippen LogP contribution is 2.02. The Bertz CT molecular complexity index is 241. The van der Waals surface area contributed by atoms with Gasteiger partial charge < -0.3 is 16.0 Å². The molecular weight excluding hydrogens is 206 g/mol. The molecular formula is C11H23N3O2. The monoisotopic (exact) mass is 229 g/mol. The molecule has 2 amide bonds. The van der Waals surface area contributed by atoms with Crippen LogP contribution in [0.1, 0.15) is 27.2 Å². The van der Waals surface area contributed by atoms with Gasteiger partial charge in [-0.25, -0.2) is 0 Å². The predicted molar refractivity (Wildman–Crippen MR) is 63.8 cm³/mol. The summed E-state index contributed by atoms with van der Waals surface area (Å²) in [7, 11) is 1.70. The third-order valence-corrected chi connectivity index (χ3v) is 2.38. The van der Waals surface area contributed by atoms with Crippen LogP contribution in [0.25, 0.3) is 0 Å². The van der Waals surface area contributed by atoms with Crippen molar-refractivity contribution in [2.24, 2.45) is 11.7 Å². The Morgan fingerprint density at radius 2 is 1.94 bits per heavy atom. The number of hydrogen-bond acceptors (Lipinski definition) is 3. The Kier molecular flexibility index (Phi) is 6.72. The lowest BCUT2D eigenvalue weighted by atomic mass is 10.0. The maximum absolute atomic E-state index is 11.5. The fourth-order valence-electron chi connectivity index (χ4n) is 1.22. The molecule has 0 aliphatic carbocycles. The Hall–Kier alpha value is -1.10. The summed E-state index contributed by atoms with van der Waals surface area (Å²) in [4.78, 5) is 24.4. The molecule has 0 aromatic rings. The van der Waals surface area contributed by atoms with Gasteiger partial charge in [0, 0.05) is 13.6 Å². The number of carbonyl (C=O) groups is 2. The van der Waals surface area contributed by atoms with E-state index in [0.717, 1.165) is 0 Å². The van der Waals surface area contributed by atoms with Crippen molar-refractivity contribution in [2.75, 3.05) is 20.1 Å². The van der Waals surface area contributed by atoms with E-state index < -0.39 is 6.04 Å². The molecule has 0 spiro atoms. The number of hydrogen-bond donors (Lipinski definition) is 2. The quantitative estimate of drug-likeness (QED) is 0.671. The topological polar surface area (TPSA) is 75.4 Å². The van der Waals surface area contributed by atoms with Crippen molar-refractivity contribution in [3.05, 3.63) is 0 Å². The van der Waals surface area contributed by atoms with Gasteiger partial charge in [-0.15, -0.1) is 0 Å². The average molecular weight is 229 g/mol. The van der Waals surface area contributed by atoms with E-state index in [1.807, 2.05) is 20.8 Å². The van der Waals surface area contributed by atoms with Crippen molar-refractivity contribution in [1.82, 2.24) is 10.2 Å². The van der Waals surface area contributed by atoms with Crippen LogP contribution in [0, 0.1) is 5.92 Å². The first-order valence-corrected chi connectivity index (χ1v) is 5.65. The molecule has 0 saturated heterocycles. The molecule has 0 aromatic carbocycles. The molecule has 0 rings (SSSR count). The van der Waals surface area contributed by atoms with Crippen LogP contribution in [-0.2, 0) is 9.59 Å². The van der Waals surface area contributed by atoms with Gasteiger partial charge in [-0.1, -0.05) is 13.8 Å². The molecule has 16 heavy (non-hydrogen) atoms. The lowest BCUT2D eigenvalue weighted by Gasteiger charge is -2.17. The van der Waals surface area contributed by atoms with Crippen LogP contribution >= 0.6 is 0 Å². The summed E-state index contributed by atoms with van der Waals surface area (Å²) >= 11 is 0. The molecule has 94 valence electrons. The number of likely N-dealkylation sites (N-methyl/N-ethyl adjacent to an activating group) is 1. The van der Waals surface area contributed by atoms with E-state index in [1.54, 1.807) is 11.9 Å². The van der Waals surface area contributed by atoms with E-state index in [1.165, 1.54) is 0 Å². The third-order valence-electron chi connectivity index (χ3n) is 2.38. The maximum Gasteiger partial charge on any atom is 0.241 e. The van der Waals surface area contributed by atoms with Gasteiger partial charge in [0.05, 0.1) is 12.6 Å². The summed E-state index contributed by atoms with van der Waals surface area (Å²) in [6, 6.07) is -0.528. The lowest BCUT2D eigenvalue weighted by Crippen LogP contribution is -2.45. The zero-order valence-electron chi connectivity index (χ0n) is 10.6. The zero-order chi connectivity index (χ0) is 12.7. The van der Waals surface area contributed by atoms with Crippen molar-refractivity contribution >= 4 is 11.8 Å². The first-order chi connectivity index (χ1) is 7.38. The number of nitrogens with one attached hydrogen (secondary N) is 1. The second-order valence-electron chi connectivity index (χ2n) is 4.36. The molecule has 0 radical (unpaired) electrons. The van der Waals surface area contributed by atoms with Crippen LogP contribution < -0.4 is 11.1 Å². The third kappa shape index (κ3) is 5.70. The molecule has 0 aromatic heterocycles. The number of nitrogens with two attached hydrogens (primary N) is 1. The molecule has 1 atom stereocenters. The largest absolute Gasteiger partial charge is 0.346 e. The molecule has 1 unspecified atom stereocenters. The molecule has 0 bridgehead atoms. The van der Waals surface area contributed by atoms with E-state index in [0.29, 0.717) is 18.9 Å². The molecule has 5 nitrogen and oxygen atoms in total. The summed E-state index contributed by atoms with van der Waals surface area (Å²) in [5, 5.41) is 2.55. The molecule has 0 saturated carbocycles. The highest BCUT2D eigenvalue weighted by atomic mass is 16.2. The Balaban J connectivity index is 3.93. The summed E-state index contributed by atoms with van der Waals surface area (Å²) in [6.45, 7) is 6.54. The first kappa shape index (κ1) is 14.9. The van der Waals surface area contributed by atoms with E-state index in [4.69, 9.17) is 5.73 Å². The fourth-order valence-corrected chi connectivity index (χ4v) is 1.22. The van der Waals surface area contributed by atoms with Gasteiger partial charge in [-0.2, -0.15) is 0 Å². The van der Waals surface area contributed by atoms with Gasteiger partial charge in [-0.3, -0.25) is 9.59 Å². The SMILES string of the molecule is CCN(C)C(=O)CNC(=O)C(N)CC(C)C. The van der Waals surface area contributed by atoms with Gasteiger partial charge >= 0.3 is 0 Å². The van der Waals surface area contributed by atoms with Crippen LogP contribution in [0.5, 0.6) is 0 Å². The number of rotatable bonds is 6. The second-order valence-corrected chi connectivity index (χ2v) is 4.36. The smallest absolute Gasteiger partial charge is 0.241 e. The van der Waals surface area contributed by atoms with E-state index >= 15 is 0 Å². The van der Waals surface area contributed by atoms with Crippen molar-refractivity contribution in [3.8, 4) is 0 Å². The Labute approximate surface area is 97.4 Å². The standard InChI is InChI=1S/C11H23N3O2/c1-5-14(4)10(15)7-13-11(16)9(12)6-8(2)3/h8-9H,5-7,12H2,1-4H3,(H,13,16). The number of amides is 2. The number of nitrogens with zero attached hydrogens (tertiary/aromatic N) is 1. The van der Waals surface area contributed by atoms with Crippen molar-refractivity contribution in [3.63, 3.8) is 0 Å². The minimum absolute atomic E-state index is 0.0228. The zero-order valence-corrected chi connectivity index (χ0v) is 10.6. The van der Waals surface area contributed by atoms with E-state index in [9.17, 15) is 9.59 Å². The van der Waals surface area contributed by atoms with E-state index in [-0.39, 0.29) is 18.4 Å². The molecule has 0 aliphatic heterocycles. The molecule has 0 aliphatic rings. The van der Waals surface area contributed by atoms with E-state index in [2.05, 4.69) is 5.32 Å². The minimum Gasteiger partial charge on any atom is -0.346 e.